The molecule has 4 nitrogen and oxygen atoms in total. The molecule has 0 bridgehead atoms. The Balaban J connectivity index is 1.47. The van der Waals surface area contributed by atoms with Gasteiger partial charge in [0.25, 0.3) is 11.1 Å². The SMILES string of the molecule is c1ccc(CCCSc2nnc(-c3ccc[nH]3)o2)cc1. The third kappa shape index (κ3) is 3.30. The molecule has 3 rings (SSSR count). The van der Waals surface area contributed by atoms with Crippen molar-refractivity contribution in [2.75, 3.05) is 5.75 Å². The molecule has 1 aromatic carbocycles. The summed E-state index contributed by atoms with van der Waals surface area (Å²) < 4.78 is 5.59. The van der Waals surface area contributed by atoms with Gasteiger partial charge in [0.05, 0.1) is 0 Å². The maximum atomic E-state index is 5.59. The fourth-order valence-electron chi connectivity index (χ4n) is 1.92. The predicted octanol–water partition coefficient (Wildman–Crippen LogP) is 3.79. The summed E-state index contributed by atoms with van der Waals surface area (Å²) in [4.78, 5) is 3.05. The van der Waals surface area contributed by atoms with Gasteiger partial charge in [-0.3, -0.25) is 0 Å². The second kappa shape index (κ2) is 6.43. The molecular formula is C15H15N3OS. The zero-order chi connectivity index (χ0) is 13.6. The number of nitrogens with zero attached hydrogens (tertiary/aromatic N) is 2. The lowest BCUT2D eigenvalue weighted by atomic mass is 10.1. The topological polar surface area (TPSA) is 54.7 Å². The Hall–Kier alpha value is -2.01. The van der Waals surface area contributed by atoms with E-state index in [0.29, 0.717) is 11.1 Å². The Morgan fingerprint density at radius 3 is 2.75 bits per heavy atom. The quantitative estimate of drug-likeness (QED) is 0.553. The first-order chi connectivity index (χ1) is 9.92. The molecule has 0 aliphatic heterocycles. The van der Waals surface area contributed by atoms with E-state index in [-0.39, 0.29) is 0 Å². The fraction of sp³-hybridized carbons (Fsp3) is 0.200. The normalized spacial score (nSPS) is 10.8. The summed E-state index contributed by atoms with van der Waals surface area (Å²) in [6.45, 7) is 0. The number of nitrogens with one attached hydrogen (secondary N) is 1. The summed E-state index contributed by atoms with van der Waals surface area (Å²) in [7, 11) is 0. The molecule has 0 unspecified atom stereocenters. The molecular weight excluding hydrogens is 270 g/mol. The number of aryl methyl sites for hydroxylation is 1. The molecule has 0 saturated carbocycles. The van der Waals surface area contributed by atoms with Crippen LogP contribution in [0.3, 0.4) is 0 Å². The van der Waals surface area contributed by atoms with Crippen LogP contribution in [0.2, 0.25) is 0 Å². The molecule has 0 saturated heterocycles. The Morgan fingerprint density at radius 1 is 1.05 bits per heavy atom. The number of hydrogen-bond donors (Lipinski definition) is 1. The summed E-state index contributed by atoms with van der Waals surface area (Å²) in [5, 5.41) is 8.70. The minimum atomic E-state index is 0.542. The van der Waals surface area contributed by atoms with Gasteiger partial charge in [-0.05, 0) is 30.5 Å². The molecule has 3 aromatic rings. The Kier molecular flexibility index (Phi) is 4.18. The van der Waals surface area contributed by atoms with Gasteiger partial charge in [0.15, 0.2) is 0 Å². The van der Waals surface area contributed by atoms with Crippen LogP contribution in [0.5, 0.6) is 0 Å². The first-order valence-electron chi connectivity index (χ1n) is 6.56. The molecule has 0 aliphatic carbocycles. The van der Waals surface area contributed by atoms with Crippen LogP contribution in [0.1, 0.15) is 12.0 Å². The summed E-state index contributed by atoms with van der Waals surface area (Å²) >= 11 is 1.60. The summed E-state index contributed by atoms with van der Waals surface area (Å²) in [5.74, 6) is 1.52. The van der Waals surface area contributed by atoms with Gasteiger partial charge >= 0.3 is 0 Å². The number of H-pyrrole nitrogens is 1. The van der Waals surface area contributed by atoms with Crippen molar-refractivity contribution in [3.63, 3.8) is 0 Å². The second-order valence-electron chi connectivity index (χ2n) is 4.39. The average Bonchev–Trinajstić information content (AvgIpc) is 3.15. The highest BCUT2D eigenvalue weighted by Gasteiger charge is 2.08. The van der Waals surface area contributed by atoms with Gasteiger partial charge in [0, 0.05) is 11.9 Å². The molecule has 2 heterocycles. The zero-order valence-electron chi connectivity index (χ0n) is 11.0. The van der Waals surface area contributed by atoms with E-state index in [1.807, 2.05) is 24.4 Å². The molecule has 0 spiro atoms. The van der Waals surface area contributed by atoms with Gasteiger partial charge in [-0.2, -0.15) is 0 Å². The summed E-state index contributed by atoms with van der Waals surface area (Å²) in [6, 6.07) is 14.3. The standard InChI is InChI=1S/C15H15N3OS/c1-2-6-12(7-3-1)8-5-11-20-15-18-17-14(19-15)13-9-4-10-16-13/h1-4,6-7,9-10,16H,5,8,11H2. The van der Waals surface area contributed by atoms with E-state index in [1.165, 1.54) is 5.56 Å². The molecule has 0 fully saturated rings. The molecule has 0 radical (unpaired) electrons. The van der Waals surface area contributed by atoms with Crippen molar-refractivity contribution in [1.82, 2.24) is 15.2 Å². The molecule has 1 N–H and O–H groups in total. The molecule has 0 atom stereocenters. The van der Waals surface area contributed by atoms with Gasteiger partial charge in [-0.25, -0.2) is 0 Å². The molecule has 20 heavy (non-hydrogen) atoms. The lowest BCUT2D eigenvalue weighted by molar-refractivity contribution is 0.464. The van der Waals surface area contributed by atoms with Gasteiger partial charge in [0.1, 0.15) is 5.69 Å². The van der Waals surface area contributed by atoms with Gasteiger partial charge in [0.2, 0.25) is 0 Å². The Morgan fingerprint density at radius 2 is 1.95 bits per heavy atom. The van der Waals surface area contributed by atoms with Crippen molar-refractivity contribution in [1.29, 1.82) is 0 Å². The lowest BCUT2D eigenvalue weighted by Gasteiger charge is -1.99. The highest BCUT2D eigenvalue weighted by atomic mass is 32.2. The van der Waals surface area contributed by atoms with Crippen molar-refractivity contribution in [2.45, 2.75) is 18.1 Å². The van der Waals surface area contributed by atoms with Crippen LogP contribution in [0.4, 0.5) is 0 Å². The zero-order valence-corrected chi connectivity index (χ0v) is 11.8. The molecule has 5 heteroatoms. The van der Waals surface area contributed by atoms with Crippen LogP contribution >= 0.6 is 11.8 Å². The van der Waals surface area contributed by atoms with E-state index in [0.717, 1.165) is 24.3 Å². The monoisotopic (exact) mass is 285 g/mol. The molecule has 0 amide bonds. The van der Waals surface area contributed by atoms with E-state index in [9.17, 15) is 0 Å². The fourth-order valence-corrected chi connectivity index (χ4v) is 2.62. The molecule has 0 aliphatic rings. The summed E-state index contributed by atoms with van der Waals surface area (Å²) in [5.41, 5.74) is 2.22. The Bertz CT molecular complexity index is 634. The minimum absolute atomic E-state index is 0.542. The molecule has 2 aromatic heterocycles. The van der Waals surface area contributed by atoms with Crippen LogP contribution in [-0.4, -0.2) is 20.9 Å². The van der Waals surface area contributed by atoms with Gasteiger partial charge in [-0.1, -0.05) is 42.1 Å². The smallest absolute Gasteiger partial charge is 0.276 e. The van der Waals surface area contributed by atoms with Crippen LogP contribution in [0.15, 0.2) is 58.3 Å². The lowest BCUT2D eigenvalue weighted by Crippen LogP contribution is -1.87. The van der Waals surface area contributed by atoms with Crippen LogP contribution in [-0.2, 0) is 6.42 Å². The highest BCUT2D eigenvalue weighted by molar-refractivity contribution is 7.99. The number of hydrogen-bond acceptors (Lipinski definition) is 4. The third-order valence-corrected chi connectivity index (χ3v) is 3.82. The maximum Gasteiger partial charge on any atom is 0.276 e. The number of benzene rings is 1. The predicted molar refractivity (Wildman–Crippen MR) is 79.6 cm³/mol. The van der Waals surface area contributed by atoms with Crippen LogP contribution < -0.4 is 0 Å². The number of thioether (sulfide) groups is 1. The first kappa shape index (κ1) is 13.0. The number of aromatic amines is 1. The highest BCUT2D eigenvalue weighted by Crippen LogP contribution is 2.22. The van der Waals surface area contributed by atoms with Crippen molar-refractivity contribution < 1.29 is 4.42 Å². The molecule has 102 valence electrons. The second-order valence-corrected chi connectivity index (χ2v) is 5.44. The van der Waals surface area contributed by atoms with E-state index in [2.05, 4.69) is 39.4 Å². The number of rotatable bonds is 6. The number of aromatic nitrogens is 3. The minimum Gasteiger partial charge on any atom is -0.410 e. The van der Waals surface area contributed by atoms with E-state index >= 15 is 0 Å². The summed E-state index contributed by atoms with van der Waals surface area (Å²) in [6.07, 6.45) is 4.01. The maximum absolute atomic E-state index is 5.59. The Labute approximate surface area is 121 Å². The van der Waals surface area contributed by atoms with E-state index < -0.39 is 0 Å². The largest absolute Gasteiger partial charge is 0.410 e. The van der Waals surface area contributed by atoms with Crippen molar-refractivity contribution in [3.8, 4) is 11.6 Å². The van der Waals surface area contributed by atoms with Crippen molar-refractivity contribution in [3.05, 3.63) is 54.2 Å². The van der Waals surface area contributed by atoms with E-state index in [4.69, 9.17) is 4.42 Å². The van der Waals surface area contributed by atoms with Crippen LogP contribution in [0.25, 0.3) is 11.6 Å². The van der Waals surface area contributed by atoms with E-state index in [1.54, 1.807) is 11.8 Å². The van der Waals surface area contributed by atoms with Gasteiger partial charge in [-0.15, -0.1) is 10.2 Å². The van der Waals surface area contributed by atoms with Crippen molar-refractivity contribution in [2.24, 2.45) is 0 Å². The first-order valence-corrected chi connectivity index (χ1v) is 7.54. The van der Waals surface area contributed by atoms with Gasteiger partial charge < -0.3 is 9.40 Å². The average molecular weight is 285 g/mol. The third-order valence-electron chi connectivity index (χ3n) is 2.91. The van der Waals surface area contributed by atoms with Crippen molar-refractivity contribution >= 4 is 11.8 Å². The van der Waals surface area contributed by atoms with Crippen LogP contribution in [0, 0.1) is 0 Å².